The molecule has 1 fully saturated rings. The molecule has 3 aromatic rings. The van der Waals surface area contributed by atoms with Gasteiger partial charge in [0.1, 0.15) is 0 Å². The topological polar surface area (TPSA) is 68.1 Å². The van der Waals surface area contributed by atoms with Crippen LogP contribution in [0.4, 0.5) is 0 Å². The number of thiophene rings is 1. The number of rotatable bonds is 4. The van der Waals surface area contributed by atoms with E-state index in [1.165, 1.54) is 16.0 Å². The highest BCUT2D eigenvalue weighted by atomic mass is 32.1. The van der Waals surface area contributed by atoms with Gasteiger partial charge in [-0.1, -0.05) is 0 Å². The van der Waals surface area contributed by atoms with Crippen molar-refractivity contribution in [1.82, 2.24) is 19.7 Å². The summed E-state index contributed by atoms with van der Waals surface area (Å²) in [6.07, 6.45) is 3.41. The fourth-order valence-electron chi connectivity index (χ4n) is 3.06. The summed E-state index contributed by atoms with van der Waals surface area (Å²) in [5.41, 5.74) is 1.54. The van der Waals surface area contributed by atoms with Crippen LogP contribution in [-0.4, -0.2) is 38.7 Å². The van der Waals surface area contributed by atoms with Crippen LogP contribution in [-0.2, 0) is 6.54 Å². The first-order chi connectivity index (χ1) is 12.6. The molecule has 4 rings (SSSR count). The van der Waals surface area contributed by atoms with E-state index in [4.69, 9.17) is 0 Å². The molecule has 1 aliphatic heterocycles. The first kappa shape index (κ1) is 16.7. The van der Waals surface area contributed by atoms with Crippen molar-refractivity contribution in [1.29, 1.82) is 0 Å². The van der Waals surface area contributed by atoms with E-state index in [2.05, 4.69) is 10.1 Å². The molecule has 0 radical (unpaired) electrons. The monoisotopic (exact) mass is 366 g/mol. The van der Waals surface area contributed by atoms with Crippen molar-refractivity contribution < 1.29 is 4.79 Å². The maximum atomic E-state index is 12.4. The number of carbonyl (C=O) groups is 1. The van der Waals surface area contributed by atoms with Crippen LogP contribution in [0.15, 0.2) is 53.6 Å². The van der Waals surface area contributed by atoms with Crippen LogP contribution in [0.5, 0.6) is 0 Å². The maximum absolute atomic E-state index is 12.4. The Kier molecular flexibility index (Phi) is 4.38. The Hall–Kier alpha value is -2.80. The Morgan fingerprint density at radius 3 is 2.62 bits per heavy atom. The van der Waals surface area contributed by atoms with Gasteiger partial charge in [-0.3, -0.25) is 14.6 Å². The summed E-state index contributed by atoms with van der Waals surface area (Å²) >= 11 is 1.52. The fraction of sp³-hybridized carbons (Fsp3) is 0.263. The van der Waals surface area contributed by atoms with Crippen molar-refractivity contribution in [3.63, 3.8) is 0 Å². The average molecular weight is 366 g/mol. The van der Waals surface area contributed by atoms with Gasteiger partial charge in [0.2, 0.25) is 0 Å². The van der Waals surface area contributed by atoms with E-state index >= 15 is 0 Å². The number of likely N-dealkylation sites (tertiary alicyclic amines) is 1. The second kappa shape index (κ2) is 6.84. The third kappa shape index (κ3) is 3.30. The molecule has 0 unspecified atom stereocenters. The molecule has 0 N–H and O–H groups in total. The number of hydrogen-bond donors (Lipinski definition) is 0. The third-order valence-corrected chi connectivity index (χ3v) is 5.46. The molecule has 6 nitrogen and oxygen atoms in total. The van der Waals surface area contributed by atoms with E-state index in [0.29, 0.717) is 19.6 Å². The van der Waals surface area contributed by atoms with Crippen molar-refractivity contribution in [2.45, 2.75) is 13.5 Å². The summed E-state index contributed by atoms with van der Waals surface area (Å²) in [7, 11) is 0. The molecule has 3 aromatic heterocycles. The molecule has 0 atom stereocenters. The Bertz CT molecular complexity index is 990. The Morgan fingerprint density at radius 1 is 1.15 bits per heavy atom. The van der Waals surface area contributed by atoms with Crippen LogP contribution in [0.1, 0.15) is 14.5 Å². The molecule has 1 saturated heterocycles. The van der Waals surface area contributed by atoms with E-state index in [1.54, 1.807) is 24.5 Å². The van der Waals surface area contributed by atoms with Crippen LogP contribution in [0.25, 0.3) is 11.3 Å². The minimum Gasteiger partial charge on any atom is -0.337 e. The van der Waals surface area contributed by atoms with Gasteiger partial charge in [0.15, 0.2) is 0 Å². The van der Waals surface area contributed by atoms with Crippen molar-refractivity contribution in [2.24, 2.45) is 5.92 Å². The second-order valence-corrected chi connectivity index (χ2v) is 7.75. The molecule has 7 heteroatoms. The van der Waals surface area contributed by atoms with Crippen molar-refractivity contribution in [3.8, 4) is 11.3 Å². The predicted octanol–water partition coefficient (Wildman–Crippen LogP) is 2.45. The normalized spacial score (nSPS) is 14.3. The lowest BCUT2D eigenvalue weighted by Crippen LogP contribution is -2.52. The van der Waals surface area contributed by atoms with Crippen LogP contribution in [0.2, 0.25) is 0 Å². The van der Waals surface area contributed by atoms with Crippen molar-refractivity contribution >= 4 is 17.2 Å². The number of carbonyl (C=O) groups excluding carboxylic acids is 1. The van der Waals surface area contributed by atoms with Gasteiger partial charge >= 0.3 is 0 Å². The van der Waals surface area contributed by atoms with Crippen LogP contribution in [0.3, 0.4) is 0 Å². The largest absolute Gasteiger partial charge is 0.337 e. The summed E-state index contributed by atoms with van der Waals surface area (Å²) in [4.78, 5) is 32.3. The molecule has 132 valence electrons. The van der Waals surface area contributed by atoms with E-state index in [1.807, 2.05) is 36.1 Å². The summed E-state index contributed by atoms with van der Waals surface area (Å²) < 4.78 is 1.50. The Morgan fingerprint density at radius 2 is 1.92 bits per heavy atom. The quantitative estimate of drug-likeness (QED) is 0.711. The van der Waals surface area contributed by atoms with Crippen molar-refractivity contribution in [3.05, 3.63) is 68.9 Å². The average Bonchev–Trinajstić information content (AvgIpc) is 3.06. The molecule has 0 spiro atoms. The zero-order valence-electron chi connectivity index (χ0n) is 14.3. The summed E-state index contributed by atoms with van der Waals surface area (Å²) in [5.74, 6) is 0.322. The molecule has 0 aliphatic carbocycles. The highest BCUT2D eigenvalue weighted by Gasteiger charge is 2.32. The maximum Gasteiger partial charge on any atom is 0.266 e. The Labute approximate surface area is 154 Å². The molecular weight excluding hydrogens is 348 g/mol. The molecule has 1 aliphatic rings. The van der Waals surface area contributed by atoms with Gasteiger partial charge in [-0.05, 0) is 37.3 Å². The van der Waals surface area contributed by atoms with Crippen LogP contribution >= 0.6 is 11.3 Å². The van der Waals surface area contributed by atoms with Gasteiger partial charge in [0.25, 0.3) is 11.5 Å². The lowest BCUT2D eigenvalue weighted by atomic mass is 10.00. The highest BCUT2D eigenvalue weighted by molar-refractivity contribution is 7.13. The standard InChI is InChI=1S/C19H18N4O2S/c1-13-2-4-17(26-13)19(25)22-10-14(11-22)12-23-18(24)5-3-16(21-23)15-6-8-20-9-7-15/h2-9,14H,10-12H2,1H3. The van der Waals surface area contributed by atoms with Gasteiger partial charge in [-0.25, -0.2) is 4.68 Å². The number of amides is 1. The van der Waals surface area contributed by atoms with Gasteiger partial charge in [0.05, 0.1) is 17.1 Å². The minimum atomic E-state index is -0.124. The molecule has 0 aromatic carbocycles. The van der Waals surface area contributed by atoms with E-state index in [0.717, 1.165) is 21.0 Å². The SMILES string of the molecule is Cc1ccc(C(=O)N2CC(Cn3nc(-c4ccncc4)ccc3=O)C2)s1. The zero-order chi connectivity index (χ0) is 18.1. The first-order valence-corrected chi connectivity index (χ1v) is 9.26. The summed E-state index contributed by atoms with van der Waals surface area (Å²) in [5, 5.41) is 4.47. The molecule has 1 amide bonds. The van der Waals surface area contributed by atoms with E-state index < -0.39 is 0 Å². The third-order valence-electron chi connectivity index (χ3n) is 4.47. The number of hydrogen-bond acceptors (Lipinski definition) is 5. The molecule has 0 saturated carbocycles. The fourth-order valence-corrected chi connectivity index (χ4v) is 3.89. The first-order valence-electron chi connectivity index (χ1n) is 8.44. The van der Waals surface area contributed by atoms with Gasteiger partial charge in [-0.2, -0.15) is 5.10 Å². The van der Waals surface area contributed by atoms with Gasteiger partial charge in [-0.15, -0.1) is 11.3 Å². The molecular formula is C19H18N4O2S. The van der Waals surface area contributed by atoms with Crippen LogP contribution < -0.4 is 5.56 Å². The number of aryl methyl sites for hydroxylation is 1. The predicted molar refractivity (Wildman–Crippen MR) is 100 cm³/mol. The second-order valence-electron chi connectivity index (χ2n) is 6.46. The lowest BCUT2D eigenvalue weighted by molar-refractivity contribution is 0.0463. The van der Waals surface area contributed by atoms with E-state index in [-0.39, 0.29) is 17.4 Å². The summed E-state index contributed by atoms with van der Waals surface area (Å²) in [6, 6.07) is 10.8. The van der Waals surface area contributed by atoms with Crippen molar-refractivity contribution in [2.75, 3.05) is 13.1 Å². The summed E-state index contributed by atoms with van der Waals surface area (Å²) in [6.45, 7) is 3.83. The van der Waals surface area contributed by atoms with Gasteiger partial charge < -0.3 is 4.90 Å². The number of nitrogens with zero attached hydrogens (tertiary/aromatic N) is 4. The Balaban J connectivity index is 1.43. The highest BCUT2D eigenvalue weighted by Crippen LogP contribution is 2.24. The molecule has 26 heavy (non-hydrogen) atoms. The lowest BCUT2D eigenvalue weighted by Gasteiger charge is -2.39. The van der Waals surface area contributed by atoms with Crippen LogP contribution in [0, 0.1) is 12.8 Å². The zero-order valence-corrected chi connectivity index (χ0v) is 15.1. The number of aromatic nitrogens is 3. The minimum absolute atomic E-state index is 0.0743. The number of pyridine rings is 1. The van der Waals surface area contributed by atoms with Gasteiger partial charge in [0, 0.05) is 47.9 Å². The van der Waals surface area contributed by atoms with E-state index in [9.17, 15) is 9.59 Å². The molecule has 0 bridgehead atoms. The molecule has 4 heterocycles. The smallest absolute Gasteiger partial charge is 0.266 e.